The highest BCUT2D eigenvalue weighted by Gasteiger charge is 2.46. The molecule has 13 rings (SSSR count). The summed E-state index contributed by atoms with van der Waals surface area (Å²) >= 11 is 0. The fourth-order valence-electron chi connectivity index (χ4n) is 10.9. The third-order valence-corrected chi connectivity index (χ3v) is 13.9. The number of rotatable bonds is 8. The van der Waals surface area contributed by atoms with Crippen LogP contribution in [-0.4, -0.2) is 0 Å². The summed E-state index contributed by atoms with van der Waals surface area (Å²) < 4.78 is 6.47. The van der Waals surface area contributed by atoms with Gasteiger partial charge in [0.15, 0.2) is 0 Å². The molecule has 0 fully saturated rings. The first-order chi connectivity index (χ1) is 33.2. The van der Waals surface area contributed by atoms with Crippen molar-refractivity contribution in [3.8, 4) is 44.5 Å². The van der Waals surface area contributed by atoms with Crippen LogP contribution in [0.15, 0.2) is 265 Å². The van der Waals surface area contributed by atoms with E-state index in [9.17, 15) is 0 Å². The number of para-hydroxylation sites is 2. The van der Waals surface area contributed by atoms with Gasteiger partial charge in [-0.1, -0.05) is 206 Å². The van der Waals surface area contributed by atoms with Crippen molar-refractivity contribution >= 4 is 49.8 Å². The van der Waals surface area contributed by atoms with Gasteiger partial charge < -0.3 is 9.32 Å². The molecule has 0 spiro atoms. The second-order valence-corrected chi connectivity index (χ2v) is 17.6. The number of nitrogens with zero attached hydrogens (tertiary/aromatic N) is 1. The Bertz CT molecular complexity index is 3770. The van der Waals surface area contributed by atoms with Gasteiger partial charge in [0.05, 0.1) is 11.1 Å². The Labute approximate surface area is 390 Å². The Morgan fingerprint density at radius 1 is 0.313 bits per heavy atom. The van der Waals surface area contributed by atoms with E-state index in [-0.39, 0.29) is 0 Å². The maximum Gasteiger partial charge on any atom is 0.136 e. The zero-order valence-electron chi connectivity index (χ0n) is 36.7. The SMILES string of the molecule is c1ccc(C2(c3ccccc3)c3ccccc3-c3ccc(N(c4ccc(-c5cccc(-c6ccc7ccccc7c6)c5)cc4)c4ccccc4-c4cccc5oc6ccccc6c45)cc32)cc1. The zero-order chi connectivity index (χ0) is 44.3. The number of fused-ring (bicyclic) bond motifs is 7. The highest BCUT2D eigenvalue weighted by atomic mass is 16.3. The first kappa shape index (κ1) is 38.7. The van der Waals surface area contributed by atoms with E-state index < -0.39 is 5.41 Å². The standard InChI is InChI=1S/C65H43NO/c1-3-21-50(22-4-1)65(51-23-5-2-6-24-51)59-29-12-9-25-54(59)55-40-39-53(43-60(55)65)66(61-30-13-10-26-56(61)57-28-16-32-63-64(57)58-27-11-14-31-62(58)67-63)52-37-35-45(36-38-52)47-19-15-20-48(41-47)49-34-33-44-17-7-8-18-46(44)42-49/h1-43H. The fourth-order valence-corrected chi connectivity index (χ4v) is 10.9. The predicted molar refractivity (Wildman–Crippen MR) is 280 cm³/mol. The van der Waals surface area contributed by atoms with Gasteiger partial charge in [-0.3, -0.25) is 0 Å². The molecule has 0 amide bonds. The summed E-state index contributed by atoms with van der Waals surface area (Å²) in [6, 6.07) is 95.2. The monoisotopic (exact) mass is 853 g/mol. The second-order valence-electron chi connectivity index (χ2n) is 17.6. The van der Waals surface area contributed by atoms with Gasteiger partial charge in [0.1, 0.15) is 11.2 Å². The fraction of sp³-hybridized carbons (Fsp3) is 0.0154. The number of benzene rings is 11. The molecule has 2 heteroatoms. The summed E-state index contributed by atoms with van der Waals surface area (Å²) in [5.41, 5.74) is 19.0. The first-order valence-electron chi connectivity index (χ1n) is 23.1. The molecule has 314 valence electrons. The third kappa shape index (κ3) is 6.26. The molecule has 67 heavy (non-hydrogen) atoms. The van der Waals surface area contributed by atoms with Crippen LogP contribution in [0.4, 0.5) is 17.1 Å². The number of hydrogen-bond acceptors (Lipinski definition) is 2. The van der Waals surface area contributed by atoms with E-state index in [2.05, 4.69) is 260 Å². The van der Waals surface area contributed by atoms with E-state index in [1.165, 1.54) is 60.8 Å². The lowest BCUT2D eigenvalue weighted by Gasteiger charge is -2.35. The quantitative estimate of drug-likeness (QED) is 0.151. The molecule has 0 radical (unpaired) electrons. The molecule has 0 saturated carbocycles. The van der Waals surface area contributed by atoms with Crippen molar-refractivity contribution in [3.05, 3.63) is 283 Å². The zero-order valence-corrected chi connectivity index (χ0v) is 36.7. The Morgan fingerprint density at radius 2 is 0.881 bits per heavy atom. The Morgan fingerprint density at radius 3 is 1.69 bits per heavy atom. The highest BCUT2D eigenvalue weighted by Crippen LogP contribution is 2.57. The summed E-state index contributed by atoms with van der Waals surface area (Å²) in [4.78, 5) is 2.45. The first-order valence-corrected chi connectivity index (χ1v) is 23.1. The molecule has 0 aliphatic heterocycles. The van der Waals surface area contributed by atoms with Crippen LogP contribution in [0.5, 0.6) is 0 Å². The van der Waals surface area contributed by atoms with Crippen molar-refractivity contribution in [2.24, 2.45) is 0 Å². The molecule has 11 aromatic carbocycles. The molecule has 1 aromatic heterocycles. The van der Waals surface area contributed by atoms with Crippen molar-refractivity contribution in [3.63, 3.8) is 0 Å². The average molecular weight is 854 g/mol. The van der Waals surface area contributed by atoms with Crippen molar-refractivity contribution in [2.75, 3.05) is 4.90 Å². The minimum absolute atomic E-state index is 0.545. The third-order valence-electron chi connectivity index (χ3n) is 13.9. The van der Waals surface area contributed by atoms with E-state index in [1.807, 2.05) is 6.07 Å². The van der Waals surface area contributed by atoms with E-state index in [0.29, 0.717) is 0 Å². The maximum atomic E-state index is 6.47. The van der Waals surface area contributed by atoms with Crippen molar-refractivity contribution in [1.29, 1.82) is 0 Å². The van der Waals surface area contributed by atoms with Gasteiger partial charge >= 0.3 is 0 Å². The molecule has 1 heterocycles. The summed E-state index contributed by atoms with van der Waals surface area (Å²) in [6.45, 7) is 0. The summed E-state index contributed by atoms with van der Waals surface area (Å²) in [5, 5.41) is 4.71. The molecule has 0 bridgehead atoms. The maximum absolute atomic E-state index is 6.47. The molecule has 0 unspecified atom stereocenters. The number of furan rings is 1. The number of hydrogen-bond donors (Lipinski definition) is 0. The van der Waals surface area contributed by atoms with Crippen LogP contribution in [0.25, 0.3) is 77.2 Å². The molecule has 2 nitrogen and oxygen atoms in total. The van der Waals surface area contributed by atoms with Gasteiger partial charge in [0, 0.05) is 27.7 Å². The second kappa shape index (κ2) is 15.8. The molecular formula is C65H43NO. The minimum atomic E-state index is -0.545. The van der Waals surface area contributed by atoms with Gasteiger partial charge in [-0.2, -0.15) is 0 Å². The summed E-state index contributed by atoms with van der Waals surface area (Å²) in [6.07, 6.45) is 0. The minimum Gasteiger partial charge on any atom is -0.456 e. The van der Waals surface area contributed by atoms with E-state index in [1.54, 1.807) is 0 Å². The Balaban J connectivity index is 1.01. The lowest BCUT2D eigenvalue weighted by Crippen LogP contribution is -2.28. The van der Waals surface area contributed by atoms with Crippen LogP contribution in [0, 0.1) is 0 Å². The smallest absolute Gasteiger partial charge is 0.136 e. The van der Waals surface area contributed by atoms with E-state index >= 15 is 0 Å². The van der Waals surface area contributed by atoms with Crippen molar-refractivity contribution < 1.29 is 4.42 Å². The summed E-state index contributed by atoms with van der Waals surface area (Å²) in [5.74, 6) is 0. The van der Waals surface area contributed by atoms with Crippen LogP contribution in [0.1, 0.15) is 22.3 Å². The van der Waals surface area contributed by atoms with Crippen LogP contribution in [-0.2, 0) is 5.41 Å². The molecule has 0 N–H and O–H groups in total. The van der Waals surface area contributed by atoms with Gasteiger partial charge in [-0.05, 0) is 127 Å². The highest BCUT2D eigenvalue weighted by molar-refractivity contribution is 6.14. The average Bonchev–Trinajstić information content (AvgIpc) is 3.93. The summed E-state index contributed by atoms with van der Waals surface area (Å²) in [7, 11) is 0. The largest absolute Gasteiger partial charge is 0.456 e. The van der Waals surface area contributed by atoms with Gasteiger partial charge in [-0.15, -0.1) is 0 Å². The van der Waals surface area contributed by atoms with Crippen LogP contribution in [0.3, 0.4) is 0 Å². The lowest BCUT2D eigenvalue weighted by atomic mass is 9.67. The van der Waals surface area contributed by atoms with Crippen LogP contribution < -0.4 is 4.90 Å². The van der Waals surface area contributed by atoms with E-state index in [0.717, 1.165) is 55.7 Å². The molecule has 0 atom stereocenters. The normalized spacial score (nSPS) is 12.6. The predicted octanol–water partition coefficient (Wildman–Crippen LogP) is 17.6. The Kier molecular flexibility index (Phi) is 9.11. The molecule has 0 saturated heterocycles. The Hall–Kier alpha value is -8.72. The van der Waals surface area contributed by atoms with Crippen molar-refractivity contribution in [2.45, 2.75) is 5.41 Å². The van der Waals surface area contributed by atoms with Gasteiger partial charge in [0.25, 0.3) is 0 Å². The molecule has 12 aromatic rings. The molecular weight excluding hydrogens is 811 g/mol. The lowest BCUT2D eigenvalue weighted by molar-refractivity contribution is 0.669. The van der Waals surface area contributed by atoms with Crippen molar-refractivity contribution in [1.82, 2.24) is 0 Å². The van der Waals surface area contributed by atoms with Crippen LogP contribution >= 0.6 is 0 Å². The van der Waals surface area contributed by atoms with Gasteiger partial charge in [0.2, 0.25) is 0 Å². The van der Waals surface area contributed by atoms with E-state index in [4.69, 9.17) is 4.42 Å². The topological polar surface area (TPSA) is 16.4 Å². The molecule has 1 aliphatic carbocycles. The van der Waals surface area contributed by atoms with Crippen LogP contribution in [0.2, 0.25) is 0 Å². The molecule has 1 aliphatic rings. The number of anilines is 3. The van der Waals surface area contributed by atoms with Gasteiger partial charge in [-0.25, -0.2) is 0 Å².